The number of benzene rings is 2. The van der Waals surface area contributed by atoms with Gasteiger partial charge >= 0.3 is 0 Å². The fraction of sp³-hybridized carbons (Fsp3) is 0.613. The first-order chi connectivity index (χ1) is 16.4. The van der Waals surface area contributed by atoms with E-state index in [0.29, 0.717) is 29.3 Å². The van der Waals surface area contributed by atoms with Crippen LogP contribution in [0.1, 0.15) is 81.4 Å². The number of thioether (sulfide) groups is 1. The van der Waals surface area contributed by atoms with Gasteiger partial charge in [-0.15, -0.1) is 11.8 Å². The normalized spacial score (nSPS) is 40.3. The molecule has 0 spiro atoms. The molecule has 182 valence electrons. The van der Waals surface area contributed by atoms with Crippen molar-refractivity contribution in [2.45, 2.75) is 86.9 Å². The monoisotopic (exact) mass is 476 g/mol. The molecule has 0 aromatic heterocycles. The highest BCUT2D eigenvalue weighted by Crippen LogP contribution is 2.68. The van der Waals surface area contributed by atoms with Crippen LogP contribution < -0.4 is 4.74 Å². The Balaban J connectivity index is 1.33. The van der Waals surface area contributed by atoms with Crippen molar-refractivity contribution in [2.75, 3.05) is 14.2 Å². The maximum absolute atomic E-state index is 6.03. The van der Waals surface area contributed by atoms with E-state index in [1.165, 1.54) is 49.0 Å². The Morgan fingerprint density at radius 1 is 0.941 bits per heavy atom. The topological polar surface area (TPSA) is 18.5 Å². The second kappa shape index (κ2) is 8.30. The highest BCUT2D eigenvalue weighted by Gasteiger charge is 2.61. The fourth-order valence-electron chi connectivity index (χ4n) is 8.55. The van der Waals surface area contributed by atoms with Crippen LogP contribution in [0.25, 0.3) is 0 Å². The molecule has 2 aromatic rings. The summed E-state index contributed by atoms with van der Waals surface area (Å²) in [4.78, 5) is 1.37. The van der Waals surface area contributed by atoms with Crippen LogP contribution in [0.5, 0.6) is 5.75 Å². The van der Waals surface area contributed by atoms with E-state index in [4.69, 9.17) is 9.47 Å². The van der Waals surface area contributed by atoms with Crippen molar-refractivity contribution in [3.05, 3.63) is 59.2 Å². The second-order valence-corrected chi connectivity index (χ2v) is 13.5. The minimum Gasteiger partial charge on any atom is -0.496 e. The first-order valence-corrected chi connectivity index (χ1v) is 14.2. The first-order valence-electron chi connectivity index (χ1n) is 13.4. The summed E-state index contributed by atoms with van der Waals surface area (Å²) in [6.45, 7) is 7.41. The minimum absolute atomic E-state index is 0.221. The molecule has 0 bridgehead atoms. The Kier molecular flexibility index (Phi) is 5.61. The van der Waals surface area contributed by atoms with Crippen molar-refractivity contribution < 1.29 is 9.47 Å². The molecule has 3 heteroatoms. The summed E-state index contributed by atoms with van der Waals surface area (Å²) in [6, 6.07) is 15.9. The summed E-state index contributed by atoms with van der Waals surface area (Å²) >= 11 is 2.05. The van der Waals surface area contributed by atoms with Crippen molar-refractivity contribution in [3.63, 3.8) is 0 Å². The van der Waals surface area contributed by atoms with Crippen LogP contribution in [0.4, 0.5) is 0 Å². The lowest BCUT2D eigenvalue weighted by molar-refractivity contribution is -0.0444. The summed E-state index contributed by atoms with van der Waals surface area (Å²) in [7, 11) is 3.79. The number of hydrogen-bond acceptors (Lipinski definition) is 3. The number of methoxy groups -OCH3 is 2. The predicted octanol–water partition coefficient (Wildman–Crippen LogP) is 7.85. The van der Waals surface area contributed by atoms with Crippen molar-refractivity contribution in [1.82, 2.24) is 0 Å². The number of rotatable bonds is 5. The van der Waals surface area contributed by atoms with Gasteiger partial charge in [-0.3, -0.25) is 0 Å². The SMILES string of the molecule is COc1cc2c(cc1[C@@H]1[C@H](C)[C@@]1(C)Sc1ccccc1)[C@H]1CC[C@]3(C)[C@@H](OC)CC[C@H]3[C@@H]1CC2. The molecular formula is C31H40O2S. The number of hydrogen-bond donors (Lipinski definition) is 0. The molecule has 4 aliphatic rings. The predicted molar refractivity (Wildman–Crippen MR) is 141 cm³/mol. The quantitative estimate of drug-likeness (QED) is 0.438. The molecule has 0 amide bonds. The molecule has 0 saturated heterocycles. The largest absolute Gasteiger partial charge is 0.496 e. The Bertz CT molecular complexity index is 1070. The summed E-state index contributed by atoms with van der Waals surface area (Å²) < 4.78 is 12.2. The maximum atomic E-state index is 6.03. The van der Waals surface area contributed by atoms with Crippen LogP contribution >= 0.6 is 11.8 Å². The van der Waals surface area contributed by atoms with E-state index in [1.54, 1.807) is 11.1 Å². The van der Waals surface area contributed by atoms with Crippen LogP contribution in [-0.2, 0) is 11.2 Å². The maximum Gasteiger partial charge on any atom is 0.122 e. The van der Waals surface area contributed by atoms with Gasteiger partial charge in [0, 0.05) is 22.7 Å². The van der Waals surface area contributed by atoms with E-state index in [-0.39, 0.29) is 4.75 Å². The van der Waals surface area contributed by atoms with Gasteiger partial charge in [-0.1, -0.05) is 38.1 Å². The molecule has 6 rings (SSSR count). The second-order valence-electron chi connectivity index (χ2n) is 11.9. The van der Waals surface area contributed by atoms with E-state index in [1.807, 2.05) is 26.0 Å². The number of ether oxygens (including phenoxy) is 2. The highest BCUT2D eigenvalue weighted by atomic mass is 32.2. The van der Waals surface area contributed by atoms with E-state index < -0.39 is 0 Å². The van der Waals surface area contributed by atoms with Crippen molar-refractivity contribution in [2.24, 2.45) is 23.2 Å². The number of aryl methyl sites for hydroxylation is 1. The summed E-state index contributed by atoms with van der Waals surface area (Å²) in [6.07, 6.45) is 8.20. The fourth-order valence-corrected chi connectivity index (χ4v) is 10.1. The lowest BCUT2D eigenvalue weighted by Crippen LogP contribution is -2.44. The van der Waals surface area contributed by atoms with Gasteiger partial charge in [-0.25, -0.2) is 0 Å². The van der Waals surface area contributed by atoms with Gasteiger partial charge in [-0.2, -0.15) is 0 Å². The standard InChI is InChI=1S/C31H40O2S/c1-19-29(31(19,3)34-21-9-7-6-8-10-21)25-18-24-20(17-27(25)32-4)11-12-23-22(24)15-16-30(2)26(23)13-14-28(30)33-5/h6-10,17-19,22-23,26,28-29H,11-16H2,1-5H3/t19-,22-,23+,26-,28-,29-,30-,31+/m0/s1. The van der Waals surface area contributed by atoms with Gasteiger partial charge in [-0.05, 0) is 109 Å². The van der Waals surface area contributed by atoms with Crippen molar-refractivity contribution >= 4 is 11.8 Å². The van der Waals surface area contributed by atoms with Gasteiger partial charge in [0.15, 0.2) is 0 Å². The molecule has 4 aliphatic carbocycles. The zero-order chi connectivity index (χ0) is 23.7. The Labute approximate surface area is 210 Å². The Hall–Kier alpha value is -1.45. The van der Waals surface area contributed by atoms with Crippen LogP contribution in [0, 0.1) is 23.2 Å². The van der Waals surface area contributed by atoms with Crippen LogP contribution in [0.15, 0.2) is 47.4 Å². The third-order valence-corrected chi connectivity index (χ3v) is 12.2. The van der Waals surface area contributed by atoms with Crippen LogP contribution in [-0.4, -0.2) is 25.1 Å². The molecule has 8 atom stereocenters. The lowest BCUT2D eigenvalue weighted by atomic mass is 9.55. The average Bonchev–Trinajstić information content (AvgIpc) is 3.19. The third-order valence-electron chi connectivity index (χ3n) is 10.6. The molecule has 0 aliphatic heterocycles. The summed E-state index contributed by atoms with van der Waals surface area (Å²) in [5, 5.41) is 0. The smallest absolute Gasteiger partial charge is 0.122 e. The van der Waals surface area contributed by atoms with Crippen LogP contribution in [0.3, 0.4) is 0 Å². The van der Waals surface area contributed by atoms with E-state index >= 15 is 0 Å². The lowest BCUT2D eigenvalue weighted by Gasteiger charge is -2.50. The molecule has 2 nitrogen and oxygen atoms in total. The molecule has 3 saturated carbocycles. The first kappa shape index (κ1) is 23.0. The third kappa shape index (κ3) is 3.33. The van der Waals surface area contributed by atoms with Gasteiger partial charge in [0.25, 0.3) is 0 Å². The number of fused-ring (bicyclic) bond motifs is 5. The van der Waals surface area contributed by atoms with Gasteiger partial charge < -0.3 is 9.47 Å². The van der Waals surface area contributed by atoms with Crippen LogP contribution in [0.2, 0.25) is 0 Å². The van der Waals surface area contributed by atoms with Gasteiger partial charge in [0.2, 0.25) is 0 Å². The molecule has 2 aromatic carbocycles. The molecule has 0 N–H and O–H groups in total. The molecule has 0 unspecified atom stereocenters. The zero-order valence-electron chi connectivity index (χ0n) is 21.5. The Morgan fingerprint density at radius 3 is 2.47 bits per heavy atom. The highest BCUT2D eigenvalue weighted by molar-refractivity contribution is 8.01. The molecular weight excluding hydrogens is 436 g/mol. The van der Waals surface area contributed by atoms with Crippen molar-refractivity contribution in [1.29, 1.82) is 0 Å². The molecule has 34 heavy (non-hydrogen) atoms. The van der Waals surface area contributed by atoms with Gasteiger partial charge in [0.1, 0.15) is 5.75 Å². The zero-order valence-corrected chi connectivity index (χ0v) is 22.3. The van der Waals surface area contributed by atoms with E-state index in [9.17, 15) is 0 Å². The molecule has 3 fully saturated rings. The van der Waals surface area contributed by atoms with Crippen molar-refractivity contribution in [3.8, 4) is 5.75 Å². The van der Waals surface area contributed by atoms with E-state index in [2.05, 4.69) is 63.2 Å². The van der Waals surface area contributed by atoms with Gasteiger partial charge in [0.05, 0.1) is 13.2 Å². The molecule has 0 heterocycles. The molecule has 0 radical (unpaired) electrons. The minimum atomic E-state index is 0.221. The van der Waals surface area contributed by atoms with E-state index in [0.717, 1.165) is 17.6 Å². The Morgan fingerprint density at radius 2 is 1.74 bits per heavy atom. The summed E-state index contributed by atoms with van der Waals surface area (Å²) in [5.74, 6) is 4.63. The average molecular weight is 477 g/mol. The summed E-state index contributed by atoms with van der Waals surface area (Å²) in [5.41, 5.74) is 5.03.